The maximum atomic E-state index is 5.66. The molecule has 104 valence electrons. The zero-order valence-corrected chi connectivity index (χ0v) is 12.4. The molecule has 1 aromatic heterocycles. The molecule has 0 aliphatic carbocycles. The molecular weight excluding hydrogens is 224 g/mol. The van der Waals surface area contributed by atoms with Gasteiger partial charge in [0.25, 0.3) is 0 Å². The zero-order valence-electron chi connectivity index (χ0n) is 12.4. The molecular formula is C14H28N4. The fourth-order valence-corrected chi connectivity index (χ4v) is 1.99. The van der Waals surface area contributed by atoms with Crippen LogP contribution in [0.1, 0.15) is 46.4 Å². The first-order chi connectivity index (χ1) is 8.34. The van der Waals surface area contributed by atoms with Gasteiger partial charge in [-0.25, -0.2) is 4.98 Å². The van der Waals surface area contributed by atoms with Crippen molar-refractivity contribution < 1.29 is 0 Å². The molecule has 3 N–H and O–H groups in total. The molecule has 1 rings (SSSR count). The minimum atomic E-state index is 0.332. The molecule has 0 fully saturated rings. The van der Waals surface area contributed by atoms with Crippen LogP contribution >= 0.6 is 0 Å². The Morgan fingerprint density at radius 3 is 2.56 bits per heavy atom. The van der Waals surface area contributed by atoms with E-state index in [2.05, 4.69) is 42.7 Å². The fourth-order valence-electron chi connectivity index (χ4n) is 1.99. The Balaban J connectivity index is 2.45. The summed E-state index contributed by atoms with van der Waals surface area (Å²) in [5.74, 6) is 7.43. The molecule has 0 aliphatic rings. The van der Waals surface area contributed by atoms with Crippen molar-refractivity contribution in [1.82, 2.24) is 15.0 Å². The van der Waals surface area contributed by atoms with Crippen molar-refractivity contribution in [3.8, 4) is 0 Å². The molecule has 0 amide bonds. The molecule has 0 aromatic carbocycles. The van der Waals surface area contributed by atoms with Gasteiger partial charge < -0.3 is 4.57 Å². The summed E-state index contributed by atoms with van der Waals surface area (Å²) in [5, 5.41) is 0. The highest BCUT2D eigenvalue weighted by Crippen LogP contribution is 2.29. The van der Waals surface area contributed by atoms with Gasteiger partial charge in [0.15, 0.2) is 0 Å². The van der Waals surface area contributed by atoms with Gasteiger partial charge in [-0.15, -0.1) is 0 Å². The van der Waals surface area contributed by atoms with E-state index in [9.17, 15) is 0 Å². The largest absolute Gasteiger partial charge is 0.338 e. The SMILES string of the molecule is CC(CC(CCc1nccn1C)NN)C(C)(C)C. The monoisotopic (exact) mass is 252 g/mol. The molecule has 18 heavy (non-hydrogen) atoms. The summed E-state index contributed by atoms with van der Waals surface area (Å²) in [6.45, 7) is 9.14. The van der Waals surface area contributed by atoms with E-state index in [0.717, 1.165) is 25.1 Å². The normalized spacial score (nSPS) is 15.7. The standard InChI is InChI=1S/C14H28N4/c1-11(14(2,3)4)10-12(17-15)6-7-13-16-8-9-18(13)5/h8-9,11-12,17H,6-7,10,15H2,1-5H3. The molecule has 0 aliphatic heterocycles. The topological polar surface area (TPSA) is 55.9 Å². The van der Waals surface area contributed by atoms with Crippen LogP contribution < -0.4 is 11.3 Å². The van der Waals surface area contributed by atoms with Gasteiger partial charge >= 0.3 is 0 Å². The van der Waals surface area contributed by atoms with Gasteiger partial charge in [0, 0.05) is 31.9 Å². The van der Waals surface area contributed by atoms with E-state index >= 15 is 0 Å². The first-order valence-corrected chi connectivity index (χ1v) is 6.77. The summed E-state index contributed by atoms with van der Waals surface area (Å²) in [4.78, 5) is 4.34. The maximum absolute atomic E-state index is 5.66. The number of hydrazine groups is 1. The van der Waals surface area contributed by atoms with Crippen molar-refractivity contribution in [3.05, 3.63) is 18.2 Å². The van der Waals surface area contributed by atoms with Crippen molar-refractivity contribution in [3.63, 3.8) is 0 Å². The van der Waals surface area contributed by atoms with Crippen molar-refractivity contribution >= 4 is 0 Å². The predicted octanol–water partition coefficient (Wildman–Crippen LogP) is 2.26. The Bertz CT molecular complexity index is 351. The first-order valence-electron chi connectivity index (χ1n) is 6.77. The molecule has 1 heterocycles. The van der Waals surface area contributed by atoms with Crippen molar-refractivity contribution in [1.29, 1.82) is 0 Å². The third-order valence-corrected chi connectivity index (χ3v) is 3.99. The van der Waals surface area contributed by atoms with Gasteiger partial charge in [0.05, 0.1) is 0 Å². The number of nitrogens with two attached hydrogens (primary N) is 1. The number of aromatic nitrogens is 2. The molecule has 0 saturated heterocycles. The molecule has 0 saturated carbocycles. The highest BCUT2D eigenvalue weighted by atomic mass is 15.2. The van der Waals surface area contributed by atoms with Crippen LogP contribution in [-0.2, 0) is 13.5 Å². The summed E-state index contributed by atoms with van der Waals surface area (Å²) in [6, 6.07) is 0.357. The van der Waals surface area contributed by atoms with Crippen LogP contribution in [0.5, 0.6) is 0 Å². The Hall–Kier alpha value is -0.870. The van der Waals surface area contributed by atoms with Crippen molar-refractivity contribution in [2.45, 2.75) is 53.0 Å². The first kappa shape index (κ1) is 15.2. The number of rotatable bonds is 6. The Labute approximate surface area is 111 Å². The number of aryl methyl sites for hydroxylation is 2. The lowest BCUT2D eigenvalue weighted by Crippen LogP contribution is -2.38. The summed E-state index contributed by atoms with van der Waals surface area (Å²) < 4.78 is 2.07. The number of hydrogen-bond donors (Lipinski definition) is 2. The van der Waals surface area contributed by atoms with E-state index in [1.165, 1.54) is 0 Å². The van der Waals surface area contributed by atoms with E-state index in [4.69, 9.17) is 5.84 Å². The third kappa shape index (κ3) is 4.42. The second-order valence-corrected chi connectivity index (χ2v) is 6.36. The zero-order chi connectivity index (χ0) is 13.8. The number of imidazole rings is 1. The number of nitrogens with one attached hydrogen (secondary N) is 1. The maximum Gasteiger partial charge on any atom is 0.108 e. The summed E-state index contributed by atoms with van der Waals surface area (Å²) in [7, 11) is 2.03. The molecule has 2 atom stereocenters. The molecule has 4 heteroatoms. The van der Waals surface area contributed by atoms with Gasteiger partial charge in [0.2, 0.25) is 0 Å². The van der Waals surface area contributed by atoms with E-state index in [1.54, 1.807) is 0 Å². The Morgan fingerprint density at radius 2 is 2.11 bits per heavy atom. The highest BCUT2D eigenvalue weighted by Gasteiger charge is 2.23. The van der Waals surface area contributed by atoms with E-state index in [0.29, 0.717) is 17.4 Å². The van der Waals surface area contributed by atoms with E-state index in [1.807, 2.05) is 19.4 Å². The molecule has 0 radical (unpaired) electrons. The summed E-state index contributed by atoms with van der Waals surface area (Å²) in [6.07, 6.45) is 6.93. The lowest BCUT2D eigenvalue weighted by Gasteiger charge is -2.30. The minimum absolute atomic E-state index is 0.332. The van der Waals surface area contributed by atoms with Crippen LogP contribution in [0.3, 0.4) is 0 Å². The van der Waals surface area contributed by atoms with Crippen molar-refractivity contribution in [2.75, 3.05) is 0 Å². The predicted molar refractivity (Wildman–Crippen MR) is 75.9 cm³/mol. The van der Waals surface area contributed by atoms with Crippen LogP contribution in [-0.4, -0.2) is 15.6 Å². The highest BCUT2D eigenvalue weighted by molar-refractivity contribution is 4.92. The average molecular weight is 252 g/mol. The second-order valence-electron chi connectivity index (χ2n) is 6.36. The summed E-state index contributed by atoms with van der Waals surface area (Å²) in [5.41, 5.74) is 3.28. The molecule has 1 aromatic rings. The lowest BCUT2D eigenvalue weighted by atomic mass is 9.78. The smallest absolute Gasteiger partial charge is 0.108 e. The second kappa shape index (κ2) is 6.34. The van der Waals surface area contributed by atoms with Crippen LogP contribution in [0, 0.1) is 11.3 Å². The number of nitrogens with zero attached hydrogens (tertiary/aromatic N) is 2. The average Bonchev–Trinajstić information content (AvgIpc) is 2.68. The van der Waals surface area contributed by atoms with Crippen LogP contribution in [0.4, 0.5) is 0 Å². The lowest BCUT2D eigenvalue weighted by molar-refractivity contribution is 0.219. The third-order valence-electron chi connectivity index (χ3n) is 3.99. The van der Waals surface area contributed by atoms with Gasteiger partial charge in [-0.3, -0.25) is 11.3 Å². The van der Waals surface area contributed by atoms with Gasteiger partial charge in [-0.1, -0.05) is 27.7 Å². The summed E-state index contributed by atoms with van der Waals surface area (Å²) >= 11 is 0. The van der Waals surface area contributed by atoms with Crippen LogP contribution in [0.15, 0.2) is 12.4 Å². The fraction of sp³-hybridized carbons (Fsp3) is 0.786. The molecule has 4 nitrogen and oxygen atoms in total. The molecule has 0 bridgehead atoms. The molecule has 2 unspecified atom stereocenters. The number of hydrogen-bond acceptors (Lipinski definition) is 3. The van der Waals surface area contributed by atoms with Gasteiger partial charge in [-0.2, -0.15) is 0 Å². The Kier molecular flexibility index (Phi) is 5.35. The van der Waals surface area contributed by atoms with E-state index < -0.39 is 0 Å². The van der Waals surface area contributed by atoms with Crippen LogP contribution in [0.2, 0.25) is 0 Å². The minimum Gasteiger partial charge on any atom is -0.338 e. The van der Waals surface area contributed by atoms with Crippen molar-refractivity contribution in [2.24, 2.45) is 24.2 Å². The quantitative estimate of drug-likeness (QED) is 0.603. The van der Waals surface area contributed by atoms with E-state index in [-0.39, 0.29) is 0 Å². The van der Waals surface area contributed by atoms with Crippen LogP contribution in [0.25, 0.3) is 0 Å². The van der Waals surface area contributed by atoms with Gasteiger partial charge in [-0.05, 0) is 24.2 Å². The Morgan fingerprint density at radius 1 is 1.44 bits per heavy atom. The molecule has 0 spiro atoms. The van der Waals surface area contributed by atoms with Gasteiger partial charge in [0.1, 0.15) is 5.82 Å².